The van der Waals surface area contributed by atoms with Crippen molar-refractivity contribution in [2.24, 2.45) is 5.92 Å². The molecule has 5 nitrogen and oxygen atoms in total. The van der Waals surface area contributed by atoms with Gasteiger partial charge in [0.05, 0.1) is 0 Å². The number of carbonyl (C=O) groups excluding carboxylic acids is 1. The average molecular weight is 352 g/mol. The second-order valence-electron chi connectivity index (χ2n) is 7.05. The molecule has 1 saturated heterocycles. The van der Waals surface area contributed by atoms with E-state index in [9.17, 15) is 4.79 Å². The lowest BCUT2D eigenvalue weighted by Crippen LogP contribution is -2.35. The highest BCUT2D eigenvalue weighted by Gasteiger charge is 2.20. The molecule has 0 bridgehead atoms. The van der Waals surface area contributed by atoms with Crippen molar-refractivity contribution in [1.29, 1.82) is 0 Å². The number of piperidine rings is 1. The summed E-state index contributed by atoms with van der Waals surface area (Å²) in [5, 5.41) is 3.09. The van der Waals surface area contributed by atoms with E-state index in [2.05, 4.69) is 53.1 Å². The second-order valence-corrected chi connectivity index (χ2v) is 7.05. The Balaban J connectivity index is 1.82. The molecule has 2 aromatic rings. The van der Waals surface area contributed by atoms with Gasteiger partial charge in [-0.05, 0) is 48.8 Å². The molecule has 0 aliphatic carbocycles. The van der Waals surface area contributed by atoms with E-state index in [1.807, 2.05) is 6.07 Å². The molecule has 1 atom stereocenters. The topological polar surface area (TPSA) is 58.1 Å². The van der Waals surface area contributed by atoms with Crippen molar-refractivity contribution < 1.29 is 4.79 Å². The summed E-state index contributed by atoms with van der Waals surface area (Å²) in [6.45, 7) is 8.35. The largest absolute Gasteiger partial charge is 0.341 e. The average Bonchev–Trinajstić information content (AvgIpc) is 2.68. The van der Waals surface area contributed by atoms with Crippen LogP contribution in [0.15, 0.2) is 30.5 Å². The van der Waals surface area contributed by atoms with Crippen LogP contribution in [-0.4, -0.2) is 29.0 Å². The standard InChI is InChI=1S/C21H28N4O/c1-4-16-9-6-10-17(5-2)19(16)24-20(26)18-11-12-22-21(23-18)25-13-7-8-15(3)14-25/h6,9-12,15H,4-5,7-8,13-14H2,1-3H3,(H,24,26). The monoisotopic (exact) mass is 352 g/mol. The van der Waals surface area contributed by atoms with Crippen LogP contribution < -0.4 is 10.2 Å². The van der Waals surface area contributed by atoms with E-state index >= 15 is 0 Å². The Morgan fingerprint density at radius 1 is 1.23 bits per heavy atom. The van der Waals surface area contributed by atoms with Gasteiger partial charge in [-0.25, -0.2) is 9.97 Å². The summed E-state index contributed by atoms with van der Waals surface area (Å²) in [4.78, 5) is 23.9. The molecule has 1 amide bonds. The zero-order valence-corrected chi connectivity index (χ0v) is 16.0. The van der Waals surface area contributed by atoms with Gasteiger partial charge >= 0.3 is 0 Å². The molecule has 1 aliphatic rings. The third-order valence-electron chi connectivity index (χ3n) is 5.05. The molecule has 1 unspecified atom stereocenters. The molecule has 0 spiro atoms. The Hall–Kier alpha value is -2.43. The predicted molar refractivity (Wildman–Crippen MR) is 106 cm³/mol. The number of anilines is 2. The number of aryl methyl sites for hydroxylation is 2. The van der Waals surface area contributed by atoms with Gasteiger partial charge in [0.25, 0.3) is 5.91 Å². The number of hydrogen-bond acceptors (Lipinski definition) is 4. The fourth-order valence-corrected chi connectivity index (χ4v) is 3.58. The molecule has 1 aliphatic heterocycles. The fourth-order valence-electron chi connectivity index (χ4n) is 3.58. The van der Waals surface area contributed by atoms with Crippen LogP contribution in [0.5, 0.6) is 0 Å². The normalized spacial score (nSPS) is 17.2. The molecule has 0 saturated carbocycles. The minimum Gasteiger partial charge on any atom is -0.341 e. The molecular formula is C21H28N4O. The lowest BCUT2D eigenvalue weighted by Gasteiger charge is -2.30. The van der Waals surface area contributed by atoms with Gasteiger partial charge in [-0.2, -0.15) is 0 Å². The lowest BCUT2D eigenvalue weighted by molar-refractivity contribution is 0.102. The van der Waals surface area contributed by atoms with Crippen molar-refractivity contribution in [3.63, 3.8) is 0 Å². The van der Waals surface area contributed by atoms with E-state index in [0.717, 1.165) is 49.2 Å². The fraction of sp³-hybridized carbons (Fsp3) is 0.476. The van der Waals surface area contributed by atoms with Crippen molar-refractivity contribution in [3.05, 3.63) is 47.3 Å². The molecule has 1 aromatic carbocycles. The molecule has 2 heterocycles. The number of hydrogen-bond donors (Lipinski definition) is 1. The number of rotatable bonds is 5. The highest BCUT2D eigenvalue weighted by atomic mass is 16.1. The number of nitrogens with zero attached hydrogens (tertiary/aromatic N) is 3. The first-order chi connectivity index (χ1) is 12.6. The summed E-state index contributed by atoms with van der Waals surface area (Å²) in [6.07, 6.45) is 5.83. The third kappa shape index (κ3) is 4.03. The van der Waals surface area contributed by atoms with Gasteiger partial charge in [0.15, 0.2) is 0 Å². The summed E-state index contributed by atoms with van der Waals surface area (Å²) in [7, 11) is 0. The van der Waals surface area contributed by atoms with Crippen LogP contribution in [0, 0.1) is 5.92 Å². The van der Waals surface area contributed by atoms with Crippen molar-refractivity contribution in [2.45, 2.75) is 46.5 Å². The Labute approximate surface area is 155 Å². The second kappa shape index (κ2) is 8.30. The SMILES string of the molecule is CCc1cccc(CC)c1NC(=O)c1ccnc(N2CCCC(C)C2)n1. The zero-order chi connectivity index (χ0) is 18.5. The quantitative estimate of drug-likeness (QED) is 0.880. The highest BCUT2D eigenvalue weighted by Crippen LogP contribution is 2.24. The predicted octanol–water partition coefficient (Wildman–Crippen LogP) is 4.09. The van der Waals surface area contributed by atoms with Gasteiger partial charge in [0.1, 0.15) is 5.69 Å². The minimum atomic E-state index is -0.172. The van der Waals surface area contributed by atoms with Gasteiger partial charge in [0.2, 0.25) is 5.95 Å². The number of amides is 1. The molecule has 138 valence electrons. The van der Waals surface area contributed by atoms with Crippen LogP contribution in [0.25, 0.3) is 0 Å². The zero-order valence-electron chi connectivity index (χ0n) is 16.0. The van der Waals surface area contributed by atoms with Crippen LogP contribution in [0.4, 0.5) is 11.6 Å². The number of carbonyl (C=O) groups is 1. The van der Waals surface area contributed by atoms with Gasteiger partial charge < -0.3 is 10.2 Å². The first-order valence-electron chi connectivity index (χ1n) is 9.62. The molecule has 0 radical (unpaired) electrons. The van der Waals surface area contributed by atoms with Crippen molar-refractivity contribution >= 4 is 17.5 Å². The maximum Gasteiger partial charge on any atom is 0.274 e. The summed E-state index contributed by atoms with van der Waals surface area (Å²) < 4.78 is 0. The highest BCUT2D eigenvalue weighted by molar-refractivity contribution is 6.03. The van der Waals surface area contributed by atoms with E-state index in [4.69, 9.17) is 0 Å². The van der Waals surface area contributed by atoms with Crippen LogP contribution in [0.1, 0.15) is 55.2 Å². The smallest absolute Gasteiger partial charge is 0.274 e. The van der Waals surface area contributed by atoms with Crippen LogP contribution in [-0.2, 0) is 12.8 Å². The van der Waals surface area contributed by atoms with Crippen molar-refractivity contribution in [3.8, 4) is 0 Å². The molecule has 1 fully saturated rings. The Morgan fingerprint density at radius 2 is 1.96 bits per heavy atom. The van der Waals surface area contributed by atoms with E-state index in [1.165, 1.54) is 6.42 Å². The van der Waals surface area contributed by atoms with E-state index < -0.39 is 0 Å². The summed E-state index contributed by atoms with van der Waals surface area (Å²) in [5.74, 6) is 1.12. The number of aromatic nitrogens is 2. The van der Waals surface area contributed by atoms with Gasteiger partial charge in [-0.1, -0.05) is 39.0 Å². The first-order valence-corrected chi connectivity index (χ1v) is 9.62. The minimum absolute atomic E-state index is 0.172. The molecule has 1 N–H and O–H groups in total. The Morgan fingerprint density at radius 3 is 2.62 bits per heavy atom. The van der Waals surface area contributed by atoms with E-state index in [0.29, 0.717) is 17.6 Å². The molecule has 1 aromatic heterocycles. The van der Waals surface area contributed by atoms with Crippen molar-refractivity contribution in [2.75, 3.05) is 23.3 Å². The molecule has 5 heteroatoms. The maximum absolute atomic E-state index is 12.8. The number of benzene rings is 1. The summed E-state index contributed by atoms with van der Waals surface area (Å²) in [6, 6.07) is 7.87. The van der Waals surface area contributed by atoms with E-state index in [-0.39, 0.29) is 5.91 Å². The van der Waals surface area contributed by atoms with E-state index in [1.54, 1.807) is 12.3 Å². The van der Waals surface area contributed by atoms with Crippen molar-refractivity contribution in [1.82, 2.24) is 9.97 Å². The molecule has 26 heavy (non-hydrogen) atoms. The van der Waals surface area contributed by atoms with Crippen LogP contribution in [0.2, 0.25) is 0 Å². The maximum atomic E-state index is 12.8. The van der Waals surface area contributed by atoms with Gasteiger partial charge in [-0.3, -0.25) is 4.79 Å². The molecule has 3 rings (SSSR count). The third-order valence-corrected chi connectivity index (χ3v) is 5.05. The first kappa shape index (κ1) is 18.4. The Bertz CT molecular complexity index is 752. The van der Waals surface area contributed by atoms with Gasteiger partial charge in [0, 0.05) is 25.0 Å². The lowest BCUT2D eigenvalue weighted by atomic mass is 10.0. The Kier molecular flexibility index (Phi) is 5.86. The van der Waals surface area contributed by atoms with Gasteiger partial charge in [-0.15, -0.1) is 0 Å². The molecular weight excluding hydrogens is 324 g/mol. The summed E-state index contributed by atoms with van der Waals surface area (Å²) >= 11 is 0. The number of para-hydroxylation sites is 1. The van der Waals surface area contributed by atoms with Crippen LogP contribution >= 0.6 is 0 Å². The van der Waals surface area contributed by atoms with Crippen LogP contribution in [0.3, 0.4) is 0 Å². The summed E-state index contributed by atoms with van der Waals surface area (Å²) in [5.41, 5.74) is 3.64. The number of nitrogens with one attached hydrogen (secondary N) is 1.